The third-order valence-corrected chi connectivity index (χ3v) is 4.88. The summed E-state index contributed by atoms with van der Waals surface area (Å²) in [7, 11) is 0. The van der Waals surface area contributed by atoms with Crippen molar-refractivity contribution >= 4 is 56.7 Å². The Morgan fingerprint density at radius 2 is 0.903 bits per heavy atom. The van der Waals surface area contributed by atoms with Crippen molar-refractivity contribution in [2.45, 2.75) is 0 Å². The number of nitrogens with zero attached hydrogens (tertiary/aromatic N) is 4. The third kappa shape index (κ3) is 4.57. The van der Waals surface area contributed by atoms with Crippen molar-refractivity contribution in [3.63, 3.8) is 0 Å². The van der Waals surface area contributed by atoms with Gasteiger partial charge in [-0.15, -0.1) is 11.4 Å². The standard InChI is InChI=1S/C26H18N4.Ni/c1-2-8-20-16-24-23(15-19(20)7-1)27-11-5-13-29-25-17-21-9-3-4-10-22(21)18-26(25)30-14-6-12-28-24;/h1-18H;/q-2;+2/b11-5-,14-6-,28-12?,29-13?;. The minimum absolute atomic E-state index is 0. The van der Waals surface area contributed by atoms with E-state index in [2.05, 4.69) is 44.9 Å². The van der Waals surface area contributed by atoms with Gasteiger partial charge < -0.3 is 10.6 Å². The molecule has 0 fully saturated rings. The summed E-state index contributed by atoms with van der Waals surface area (Å²) in [6.07, 6.45) is 10.6. The van der Waals surface area contributed by atoms with Crippen LogP contribution in [0.2, 0.25) is 0 Å². The Bertz CT molecular complexity index is 1250. The van der Waals surface area contributed by atoms with Gasteiger partial charge in [0, 0.05) is 23.8 Å². The summed E-state index contributed by atoms with van der Waals surface area (Å²) in [6.45, 7) is 0. The van der Waals surface area contributed by atoms with E-state index < -0.39 is 0 Å². The van der Waals surface area contributed by atoms with Crippen molar-refractivity contribution in [2.24, 2.45) is 9.98 Å². The van der Waals surface area contributed by atoms with E-state index in [4.69, 9.17) is 0 Å². The topological polar surface area (TPSA) is 52.9 Å². The van der Waals surface area contributed by atoms with Crippen molar-refractivity contribution in [1.29, 1.82) is 0 Å². The molecule has 0 N–H and O–H groups in total. The molecule has 4 aromatic carbocycles. The van der Waals surface area contributed by atoms with Crippen LogP contribution < -0.4 is 0 Å². The molecule has 0 saturated heterocycles. The number of hydrogen-bond donors (Lipinski definition) is 0. The summed E-state index contributed by atoms with van der Waals surface area (Å²) in [6, 6.07) is 24.6. The molecule has 0 radical (unpaired) electrons. The number of hydrogen-bond acceptors (Lipinski definition) is 2. The van der Waals surface area contributed by atoms with E-state index in [1.807, 2.05) is 60.7 Å². The van der Waals surface area contributed by atoms with Crippen molar-refractivity contribution in [3.05, 3.63) is 108 Å². The summed E-state index contributed by atoms with van der Waals surface area (Å²) in [5, 5.41) is 13.7. The van der Waals surface area contributed by atoms with Crippen molar-refractivity contribution in [2.75, 3.05) is 0 Å². The second-order valence-corrected chi connectivity index (χ2v) is 6.87. The molecule has 0 saturated carbocycles. The molecule has 5 rings (SSSR count). The van der Waals surface area contributed by atoms with Crippen LogP contribution in [0, 0.1) is 0 Å². The van der Waals surface area contributed by atoms with Crippen molar-refractivity contribution in [1.82, 2.24) is 0 Å². The number of rotatable bonds is 0. The van der Waals surface area contributed by atoms with E-state index in [1.54, 1.807) is 24.8 Å². The van der Waals surface area contributed by atoms with E-state index in [9.17, 15) is 0 Å². The molecular formula is C26H18N4Ni. The van der Waals surface area contributed by atoms with Gasteiger partial charge >= 0.3 is 16.5 Å². The molecular weight excluding hydrogens is 427 g/mol. The summed E-state index contributed by atoms with van der Waals surface area (Å²) in [5.74, 6) is 0. The first kappa shape index (κ1) is 20.6. The zero-order chi connectivity index (χ0) is 20.2. The first-order chi connectivity index (χ1) is 14.9. The first-order valence-corrected chi connectivity index (χ1v) is 9.72. The van der Waals surface area contributed by atoms with Gasteiger partial charge in [-0.2, -0.15) is 12.4 Å². The average molecular weight is 445 g/mol. The molecule has 0 aliphatic carbocycles. The first-order valence-electron chi connectivity index (χ1n) is 9.72. The maximum Gasteiger partial charge on any atom is 2.00 e. The maximum absolute atomic E-state index is 4.60. The molecule has 1 aliphatic heterocycles. The fraction of sp³-hybridized carbons (Fsp3) is 0. The van der Waals surface area contributed by atoms with Crippen molar-refractivity contribution in [3.8, 4) is 0 Å². The molecule has 1 aliphatic rings. The Kier molecular flexibility index (Phi) is 6.25. The summed E-state index contributed by atoms with van der Waals surface area (Å²) >= 11 is 0. The normalized spacial score (nSPS) is 15.0. The van der Waals surface area contributed by atoms with E-state index in [0.717, 1.165) is 44.3 Å². The van der Waals surface area contributed by atoms with Gasteiger partial charge in [-0.25, -0.2) is 0 Å². The van der Waals surface area contributed by atoms with Crippen LogP contribution in [0.4, 0.5) is 22.7 Å². The van der Waals surface area contributed by atoms with Gasteiger partial charge in [-0.1, -0.05) is 72.8 Å². The second-order valence-electron chi connectivity index (χ2n) is 6.87. The van der Waals surface area contributed by atoms with E-state index in [-0.39, 0.29) is 16.5 Å². The molecule has 0 bridgehead atoms. The van der Waals surface area contributed by atoms with Crippen LogP contribution in [-0.2, 0) is 16.5 Å². The predicted molar refractivity (Wildman–Crippen MR) is 129 cm³/mol. The smallest absolute Gasteiger partial charge is 0.662 e. The van der Waals surface area contributed by atoms with Gasteiger partial charge in [0.25, 0.3) is 0 Å². The van der Waals surface area contributed by atoms with Gasteiger partial charge in [0.05, 0.1) is 0 Å². The van der Waals surface area contributed by atoms with Crippen LogP contribution in [0.15, 0.2) is 107 Å². The predicted octanol–water partition coefficient (Wildman–Crippen LogP) is 8.15. The SMILES string of the molecule is C1=Nc2cc3ccccc3cc2[N-]/C=C\C=Nc2cc3ccccc3cc2[N-]/C=C\1.[Ni+2]. The van der Waals surface area contributed by atoms with Crippen LogP contribution in [0.25, 0.3) is 32.2 Å². The Hall–Kier alpha value is -3.69. The van der Waals surface area contributed by atoms with Crippen LogP contribution in [0.1, 0.15) is 0 Å². The van der Waals surface area contributed by atoms with E-state index in [1.165, 1.54) is 0 Å². The van der Waals surface area contributed by atoms with Gasteiger partial charge in [-0.05, 0) is 33.7 Å². The number of fused-ring (bicyclic) bond motifs is 4. The Balaban J connectivity index is 0.00000231. The summed E-state index contributed by atoms with van der Waals surface area (Å²) < 4.78 is 0. The summed E-state index contributed by atoms with van der Waals surface area (Å²) in [4.78, 5) is 9.20. The summed E-state index contributed by atoms with van der Waals surface area (Å²) in [5.41, 5.74) is 3.23. The average Bonchev–Trinajstić information content (AvgIpc) is 2.78. The fourth-order valence-electron chi connectivity index (χ4n) is 3.42. The molecule has 4 aromatic rings. The number of benzene rings is 4. The molecule has 0 spiro atoms. The molecule has 0 atom stereocenters. The third-order valence-electron chi connectivity index (χ3n) is 4.88. The second kappa shape index (κ2) is 9.42. The van der Waals surface area contributed by atoms with Crippen LogP contribution in [-0.4, -0.2) is 12.4 Å². The van der Waals surface area contributed by atoms with Gasteiger partial charge in [0.15, 0.2) is 0 Å². The molecule has 0 unspecified atom stereocenters. The Labute approximate surface area is 191 Å². The van der Waals surface area contributed by atoms with Gasteiger partial charge in [-0.3, -0.25) is 9.98 Å². The van der Waals surface area contributed by atoms with Gasteiger partial charge in [0.1, 0.15) is 0 Å². The molecule has 0 amide bonds. The monoisotopic (exact) mass is 444 g/mol. The molecule has 4 nitrogen and oxygen atoms in total. The minimum atomic E-state index is 0. The molecule has 0 aromatic heterocycles. The van der Waals surface area contributed by atoms with E-state index >= 15 is 0 Å². The molecule has 152 valence electrons. The molecule has 5 heteroatoms. The zero-order valence-corrected chi connectivity index (χ0v) is 17.5. The maximum atomic E-state index is 4.60. The van der Waals surface area contributed by atoms with Crippen molar-refractivity contribution < 1.29 is 16.5 Å². The van der Waals surface area contributed by atoms with E-state index in [0.29, 0.717) is 0 Å². The minimum Gasteiger partial charge on any atom is -0.662 e. The largest absolute Gasteiger partial charge is 2.00 e. The number of aliphatic imine (C=N–C) groups is 2. The molecule has 1 heterocycles. The van der Waals surface area contributed by atoms with Crippen LogP contribution in [0.3, 0.4) is 0 Å². The quantitative estimate of drug-likeness (QED) is 0.245. The van der Waals surface area contributed by atoms with Gasteiger partial charge in [0.2, 0.25) is 0 Å². The van der Waals surface area contributed by atoms with Crippen LogP contribution in [0.5, 0.6) is 0 Å². The Morgan fingerprint density at radius 1 is 0.516 bits per heavy atom. The zero-order valence-electron chi connectivity index (χ0n) is 16.5. The number of allylic oxidation sites excluding steroid dienone is 2. The fourth-order valence-corrected chi connectivity index (χ4v) is 3.42. The molecule has 31 heavy (non-hydrogen) atoms. The van der Waals surface area contributed by atoms with Crippen LogP contribution >= 0.6 is 0 Å². The Morgan fingerprint density at radius 3 is 1.32 bits per heavy atom.